The van der Waals surface area contributed by atoms with E-state index in [-0.39, 0.29) is 5.60 Å². The zero-order valence-electron chi connectivity index (χ0n) is 12.8. The van der Waals surface area contributed by atoms with Crippen LogP contribution in [-0.4, -0.2) is 10.7 Å². The summed E-state index contributed by atoms with van der Waals surface area (Å²) in [5.41, 5.74) is 0.686. The third-order valence-electron chi connectivity index (χ3n) is 5.17. The minimum atomic E-state index is -0.449. The van der Waals surface area contributed by atoms with Crippen molar-refractivity contribution >= 4 is 11.6 Å². The molecule has 3 heteroatoms. The van der Waals surface area contributed by atoms with Crippen LogP contribution < -0.4 is 4.74 Å². The standard InChI is InChI=1S/C18H25ClO2/c1-2-4-13-5-3-9-18(10-8-13)12-16(20)15-11-14(19)6-7-17(15)21-18/h6-7,11,13,16,20H,2-5,8-10,12H2,1H3/t13?,16-,18?/m1/s1. The van der Waals surface area contributed by atoms with Crippen LogP contribution in [0.1, 0.15) is 70.0 Å². The number of halogens is 1. The molecule has 1 aromatic carbocycles. The van der Waals surface area contributed by atoms with Crippen LogP contribution in [0.15, 0.2) is 18.2 Å². The van der Waals surface area contributed by atoms with Crippen LogP contribution in [0.25, 0.3) is 0 Å². The zero-order chi connectivity index (χ0) is 14.9. The van der Waals surface area contributed by atoms with Crippen molar-refractivity contribution in [2.45, 2.75) is 70.0 Å². The molecule has 2 nitrogen and oxygen atoms in total. The highest BCUT2D eigenvalue weighted by Crippen LogP contribution is 2.47. The average molecular weight is 309 g/mol. The summed E-state index contributed by atoms with van der Waals surface area (Å²) in [5, 5.41) is 11.2. The first-order valence-electron chi connectivity index (χ1n) is 8.28. The highest BCUT2D eigenvalue weighted by molar-refractivity contribution is 6.30. The quantitative estimate of drug-likeness (QED) is 0.806. The van der Waals surface area contributed by atoms with Gasteiger partial charge in [-0.2, -0.15) is 0 Å². The Morgan fingerprint density at radius 2 is 2.19 bits per heavy atom. The molecule has 0 amide bonds. The van der Waals surface area contributed by atoms with Crippen molar-refractivity contribution in [3.05, 3.63) is 28.8 Å². The van der Waals surface area contributed by atoms with Gasteiger partial charge in [0, 0.05) is 17.0 Å². The van der Waals surface area contributed by atoms with Gasteiger partial charge >= 0.3 is 0 Å². The van der Waals surface area contributed by atoms with Gasteiger partial charge in [-0.25, -0.2) is 0 Å². The number of benzene rings is 1. The molecule has 1 heterocycles. The normalized spacial score (nSPS) is 32.3. The Hall–Kier alpha value is -0.730. The summed E-state index contributed by atoms with van der Waals surface area (Å²) < 4.78 is 6.37. The van der Waals surface area contributed by atoms with E-state index in [2.05, 4.69) is 6.92 Å². The van der Waals surface area contributed by atoms with Gasteiger partial charge in [-0.15, -0.1) is 0 Å². The number of fused-ring (bicyclic) bond motifs is 1. The summed E-state index contributed by atoms with van der Waals surface area (Å²) in [6, 6.07) is 5.60. The van der Waals surface area contributed by atoms with Crippen molar-refractivity contribution in [1.82, 2.24) is 0 Å². The van der Waals surface area contributed by atoms with Gasteiger partial charge in [0.25, 0.3) is 0 Å². The van der Waals surface area contributed by atoms with Crippen LogP contribution in [0.4, 0.5) is 0 Å². The van der Waals surface area contributed by atoms with Crippen molar-refractivity contribution < 1.29 is 9.84 Å². The van der Waals surface area contributed by atoms with E-state index in [1.54, 1.807) is 0 Å². The minimum Gasteiger partial charge on any atom is -0.487 e. The monoisotopic (exact) mass is 308 g/mol. The van der Waals surface area contributed by atoms with E-state index in [1.165, 1.54) is 32.1 Å². The van der Waals surface area contributed by atoms with Crippen LogP contribution in [0, 0.1) is 5.92 Å². The smallest absolute Gasteiger partial charge is 0.126 e. The van der Waals surface area contributed by atoms with E-state index in [0.717, 1.165) is 30.1 Å². The first-order chi connectivity index (χ1) is 10.1. The first kappa shape index (κ1) is 15.2. The Morgan fingerprint density at radius 1 is 1.33 bits per heavy atom. The van der Waals surface area contributed by atoms with Crippen LogP contribution in [-0.2, 0) is 0 Å². The van der Waals surface area contributed by atoms with Crippen LogP contribution in [0.2, 0.25) is 5.02 Å². The predicted molar refractivity (Wildman–Crippen MR) is 85.9 cm³/mol. The fourth-order valence-corrected chi connectivity index (χ4v) is 4.24. The van der Waals surface area contributed by atoms with E-state index in [0.29, 0.717) is 11.4 Å². The van der Waals surface area contributed by atoms with Gasteiger partial charge in [0.05, 0.1) is 6.10 Å². The van der Waals surface area contributed by atoms with Gasteiger partial charge in [-0.05, 0) is 49.8 Å². The lowest BCUT2D eigenvalue weighted by molar-refractivity contribution is -0.0251. The molecule has 116 valence electrons. The Morgan fingerprint density at radius 3 is 3.00 bits per heavy atom. The number of aliphatic hydroxyl groups is 1. The number of hydrogen-bond donors (Lipinski definition) is 1. The molecule has 1 fully saturated rings. The maximum atomic E-state index is 10.5. The summed E-state index contributed by atoms with van der Waals surface area (Å²) in [6.07, 6.45) is 8.72. The van der Waals surface area contributed by atoms with Crippen LogP contribution >= 0.6 is 11.6 Å². The molecule has 1 saturated carbocycles. The number of hydrogen-bond acceptors (Lipinski definition) is 2. The van der Waals surface area contributed by atoms with Gasteiger partial charge in [-0.1, -0.05) is 37.8 Å². The van der Waals surface area contributed by atoms with Crippen molar-refractivity contribution in [2.24, 2.45) is 5.92 Å². The summed E-state index contributed by atoms with van der Waals surface area (Å²) in [4.78, 5) is 0. The molecule has 3 atom stereocenters. The summed E-state index contributed by atoms with van der Waals surface area (Å²) in [6.45, 7) is 2.27. The molecular weight excluding hydrogens is 284 g/mol. The van der Waals surface area contributed by atoms with Crippen molar-refractivity contribution in [2.75, 3.05) is 0 Å². The Labute approximate surface area is 132 Å². The molecule has 21 heavy (non-hydrogen) atoms. The van der Waals surface area contributed by atoms with E-state index in [1.807, 2.05) is 18.2 Å². The van der Waals surface area contributed by atoms with Gasteiger partial charge < -0.3 is 9.84 Å². The second-order valence-electron chi connectivity index (χ2n) is 6.77. The maximum Gasteiger partial charge on any atom is 0.126 e. The third-order valence-corrected chi connectivity index (χ3v) is 5.41. The van der Waals surface area contributed by atoms with Crippen molar-refractivity contribution in [1.29, 1.82) is 0 Å². The molecule has 1 aliphatic carbocycles. The Balaban J connectivity index is 1.79. The molecule has 0 saturated heterocycles. The molecule has 1 aromatic rings. The number of rotatable bonds is 2. The van der Waals surface area contributed by atoms with Crippen LogP contribution in [0.5, 0.6) is 5.75 Å². The molecule has 2 aliphatic rings. The first-order valence-corrected chi connectivity index (χ1v) is 8.66. The zero-order valence-corrected chi connectivity index (χ0v) is 13.5. The van der Waals surface area contributed by atoms with Crippen LogP contribution in [0.3, 0.4) is 0 Å². The largest absolute Gasteiger partial charge is 0.487 e. The maximum absolute atomic E-state index is 10.5. The van der Waals surface area contributed by atoms with Gasteiger partial charge in [0.2, 0.25) is 0 Å². The van der Waals surface area contributed by atoms with Crippen molar-refractivity contribution in [3.8, 4) is 5.75 Å². The number of aliphatic hydroxyl groups excluding tert-OH is 1. The van der Waals surface area contributed by atoms with E-state index < -0.39 is 6.10 Å². The second kappa shape index (κ2) is 6.18. The Kier molecular flexibility index (Phi) is 4.46. The number of ether oxygens (including phenoxy) is 1. The average Bonchev–Trinajstić information content (AvgIpc) is 2.64. The van der Waals surface area contributed by atoms with Crippen molar-refractivity contribution in [3.63, 3.8) is 0 Å². The Bertz CT molecular complexity index is 502. The highest BCUT2D eigenvalue weighted by atomic mass is 35.5. The van der Waals surface area contributed by atoms with E-state index >= 15 is 0 Å². The molecule has 1 aliphatic heterocycles. The fourth-order valence-electron chi connectivity index (χ4n) is 4.06. The third kappa shape index (κ3) is 3.22. The lowest BCUT2D eigenvalue weighted by Gasteiger charge is -2.40. The highest BCUT2D eigenvalue weighted by Gasteiger charge is 2.41. The molecule has 1 N–H and O–H groups in total. The SMILES string of the molecule is CCCC1CCCC2(CC1)C[C@@H](O)c1cc(Cl)ccc1O2. The fraction of sp³-hybridized carbons (Fsp3) is 0.667. The molecule has 3 rings (SSSR count). The van der Waals surface area contributed by atoms with E-state index in [4.69, 9.17) is 16.3 Å². The van der Waals surface area contributed by atoms with Gasteiger partial charge in [0.15, 0.2) is 0 Å². The van der Waals surface area contributed by atoms with E-state index in [9.17, 15) is 5.11 Å². The molecule has 1 spiro atoms. The second-order valence-corrected chi connectivity index (χ2v) is 7.21. The summed E-state index contributed by atoms with van der Waals surface area (Å²) in [5.74, 6) is 1.66. The predicted octanol–water partition coefficient (Wildman–Crippen LogP) is 5.28. The molecular formula is C18H25ClO2. The summed E-state index contributed by atoms with van der Waals surface area (Å²) in [7, 11) is 0. The lowest BCUT2D eigenvalue weighted by atomic mass is 9.83. The topological polar surface area (TPSA) is 29.5 Å². The van der Waals surface area contributed by atoms with Gasteiger partial charge in [0.1, 0.15) is 11.4 Å². The molecule has 2 unspecified atom stereocenters. The molecule has 0 bridgehead atoms. The lowest BCUT2D eigenvalue weighted by Crippen LogP contribution is -2.40. The summed E-state index contributed by atoms with van der Waals surface area (Å²) >= 11 is 6.03. The minimum absolute atomic E-state index is 0.164. The van der Waals surface area contributed by atoms with Gasteiger partial charge in [-0.3, -0.25) is 0 Å². The molecule has 0 aromatic heterocycles. The molecule has 0 radical (unpaired) electrons.